The predicted octanol–water partition coefficient (Wildman–Crippen LogP) is 0.380. The van der Waals surface area contributed by atoms with Crippen LogP contribution in [0.2, 0.25) is 0 Å². The SMILES string of the molecule is CNCc1cccc(S(=O)(=O)N(C)CCS(C)(=O)=O)c1C. The average Bonchev–Trinajstić information content (AvgIpc) is 2.37. The molecule has 0 aliphatic heterocycles. The lowest BCUT2D eigenvalue weighted by atomic mass is 10.1. The highest BCUT2D eigenvalue weighted by molar-refractivity contribution is 7.91. The largest absolute Gasteiger partial charge is 0.316 e. The van der Waals surface area contributed by atoms with E-state index in [0.717, 1.165) is 16.1 Å². The van der Waals surface area contributed by atoms with Gasteiger partial charge in [0.15, 0.2) is 0 Å². The summed E-state index contributed by atoms with van der Waals surface area (Å²) in [4.78, 5) is 0.214. The van der Waals surface area contributed by atoms with Crippen molar-refractivity contribution < 1.29 is 16.8 Å². The van der Waals surface area contributed by atoms with E-state index >= 15 is 0 Å². The number of sulfone groups is 1. The molecule has 0 aromatic heterocycles. The molecule has 6 nitrogen and oxygen atoms in total. The number of nitrogens with one attached hydrogen (secondary N) is 1. The Bertz CT molecular complexity index is 697. The van der Waals surface area contributed by atoms with Gasteiger partial charge in [-0.05, 0) is 31.2 Å². The molecule has 1 aromatic rings. The molecule has 1 rings (SSSR count). The highest BCUT2D eigenvalue weighted by Gasteiger charge is 2.24. The summed E-state index contributed by atoms with van der Waals surface area (Å²) < 4.78 is 48.5. The summed E-state index contributed by atoms with van der Waals surface area (Å²) in [5, 5.41) is 2.99. The maximum atomic E-state index is 12.5. The maximum Gasteiger partial charge on any atom is 0.243 e. The van der Waals surface area contributed by atoms with Crippen molar-refractivity contribution >= 4 is 19.9 Å². The summed E-state index contributed by atoms with van der Waals surface area (Å²) in [5.74, 6) is -0.196. The van der Waals surface area contributed by atoms with Gasteiger partial charge in [-0.15, -0.1) is 0 Å². The Morgan fingerprint density at radius 1 is 1.19 bits per heavy atom. The molecule has 1 N–H and O–H groups in total. The van der Waals surface area contributed by atoms with Crippen molar-refractivity contribution in [2.45, 2.75) is 18.4 Å². The van der Waals surface area contributed by atoms with Gasteiger partial charge in [-0.25, -0.2) is 16.8 Å². The van der Waals surface area contributed by atoms with Gasteiger partial charge in [-0.1, -0.05) is 12.1 Å². The molecule has 0 aliphatic rings. The van der Waals surface area contributed by atoms with Gasteiger partial charge in [-0.3, -0.25) is 0 Å². The van der Waals surface area contributed by atoms with E-state index in [9.17, 15) is 16.8 Å². The first-order valence-corrected chi connectivity index (χ1v) is 9.97. The van der Waals surface area contributed by atoms with E-state index in [0.29, 0.717) is 12.1 Å². The number of hydrogen-bond acceptors (Lipinski definition) is 5. The highest BCUT2D eigenvalue weighted by Crippen LogP contribution is 2.21. The standard InChI is InChI=1S/C13H22N2O4S2/c1-11-12(10-14-2)6-5-7-13(11)21(18,19)15(3)8-9-20(4,16)17/h5-7,14H,8-10H2,1-4H3. The van der Waals surface area contributed by atoms with Crippen molar-refractivity contribution in [3.8, 4) is 0 Å². The summed E-state index contributed by atoms with van der Waals surface area (Å²) in [7, 11) is -3.71. The van der Waals surface area contributed by atoms with Crippen LogP contribution in [-0.4, -0.2) is 53.8 Å². The molecule has 0 radical (unpaired) electrons. The van der Waals surface area contributed by atoms with Crippen LogP contribution < -0.4 is 5.32 Å². The van der Waals surface area contributed by atoms with E-state index in [1.165, 1.54) is 7.05 Å². The first-order valence-electron chi connectivity index (χ1n) is 6.46. The molecule has 0 unspecified atom stereocenters. The van der Waals surface area contributed by atoms with Crippen molar-refractivity contribution in [3.05, 3.63) is 29.3 Å². The quantitative estimate of drug-likeness (QED) is 0.779. The summed E-state index contributed by atoms with van der Waals surface area (Å²) in [6.45, 7) is 2.27. The van der Waals surface area contributed by atoms with Crippen LogP contribution in [0.1, 0.15) is 11.1 Å². The lowest BCUT2D eigenvalue weighted by molar-refractivity contribution is 0.484. The smallest absolute Gasteiger partial charge is 0.243 e. The first kappa shape index (κ1) is 18.1. The van der Waals surface area contributed by atoms with Gasteiger partial charge >= 0.3 is 0 Å². The molecule has 21 heavy (non-hydrogen) atoms. The molecule has 8 heteroatoms. The Balaban J connectivity index is 3.10. The third-order valence-corrected chi connectivity index (χ3v) is 6.15. The van der Waals surface area contributed by atoms with Crippen LogP contribution in [0.3, 0.4) is 0 Å². The fraction of sp³-hybridized carbons (Fsp3) is 0.538. The minimum absolute atomic E-state index is 0.0587. The van der Waals surface area contributed by atoms with E-state index < -0.39 is 19.9 Å². The second-order valence-electron chi connectivity index (χ2n) is 5.03. The second kappa shape index (κ2) is 6.87. The molecular weight excluding hydrogens is 312 g/mol. The number of sulfonamides is 1. The maximum absolute atomic E-state index is 12.5. The number of hydrogen-bond donors (Lipinski definition) is 1. The van der Waals surface area contributed by atoms with Crippen LogP contribution in [0.4, 0.5) is 0 Å². The van der Waals surface area contributed by atoms with Crippen molar-refractivity contribution in [3.63, 3.8) is 0 Å². The van der Waals surface area contributed by atoms with Crippen LogP contribution >= 0.6 is 0 Å². The molecule has 0 fully saturated rings. The van der Waals surface area contributed by atoms with Gasteiger partial charge in [0, 0.05) is 26.4 Å². The van der Waals surface area contributed by atoms with Crippen LogP contribution in [0.5, 0.6) is 0 Å². The van der Waals surface area contributed by atoms with E-state index in [1.807, 2.05) is 6.07 Å². The number of nitrogens with zero attached hydrogens (tertiary/aromatic N) is 1. The molecule has 0 heterocycles. The van der Waals surface area contributed by atoms with Crippen molar-refractivity contribution in [1.29, 1.82) is 0 Å². The number of benzene rings is 1. The molecule has 0 amide bonds. The third kappa shape index (κ3) is 4.77. The fourth-order valence-electron chi connectivity index (χ4n) is 1.90. The Labute approximate surface area is 127 Å². The van der Waals surface area contributed by atoms with Crippen molar-refractivity contribution in [2.75, 3.05) is 32.6 Å². The van der Waals surface area contributed by atoms with E-state index in [1.54, 1.807) is 26.1 Å². The van der Waals surface area contributed by atoms with E-state index in [4.69, 9.17) is 0 Å². The van der Waals surface area contributed by atoms with Crippen molar-refractivity contribution in [1.82, 2.24) is 9.62 Å². The molecule has 0 saturated carbocycles. The minimum Gasteiger partial charge on any atom is -0.316 e. The summed E-state index contributed by atoms with van der Waals surface area (Å²) >= 11 is 0. The lowest BCUT2D eigenvalue weighted by Crippen LogP contribution is -2.32. The molecule has 0 bridgehead atoms. The van der Waals surface area contributed by atoms with E-state index in [2.05, 4.69) is 5.32 Å². The van der Waals surface area contributed by atoms with Crippen LogP contribution in [0.15, 0.2) is 23.1 Å². The van der Waals surface area contributed by atoms with Gasteiger partial charge in [0.2, 0.25) is 10.0 Å². The van der Waals surface area contributed by atoms with E-state index in [-0.39, 0.29) is 17.2 Å². The Morgan fingerprint density at radius 3 is 2.33 bits per heavy atom. The molecule has 0 aliphatic carbocycles. The minimum atomic E-state index is -3.69. The molecule has 0 atom stereocenters. The monoisotopic (exact) mass is 334 g/mol. The highest BCUT2D eigenvalue weighted by atomic mass is 32.2. The molecule has 0 saturated heterocycles. The molecular formula is C13H22N2O4S2. The lowest BCUT2D eigenvalue weighted by Gasteiger charge is -2.19. The van der Waals surface area contributed by atoms with Gasteiger partial charge in [-0.2, -0.15) is 4.31 Å². The molecule has 1 aromatic carbocycles. The molecule has 120 valence electrons. The van der Waals surface area contributed by atoms with Gasteiger partial charge in [0.25, 0.3) is 0 Å². The normalized spacial score (nSPS) is 12.8. The predicted molar refractivity (Wildman–Crippen MR) is 83.5 cm³/mol. The summed E-state index contributed by atoms with van der Waals surface area (Å²) in [6.07, 6.45) is 1.09. The second-order valence-corrected chi connectivity index (χ2v) is 9.30. The average molecular weight is 334 g/mol. The summed E-state index contributed by atoms with van der Waals surface area (Å²) in [6, 6.07) is 5.10. The Kier molecular flexibility index (Phi) is 5.92. The third-order valence-electron chi connectivity index (χ3n) is 3.23. The first-order chi connectivity index (χ1) is 9.59. The Hall–Kier alpha value is -0.960. The fourth-order valence-corrected chi connectivity index (χ4v) is 4.06. The van der Waals surface area contributed by atoms with Gasteiger partial charge in [0.05, 0.1) is 10.6 Å². The molecule has 0 spiro atoms. The Morgan fingerprint density at radius 2 is 1.81 bits per heavy atom. The number of rotatable bonds is 7. The summed E-state index contributed by atoms with van der Waals surface area (Å²) in [5.41, 5.74) is 1.58. The van der Waals surface area contributed by atoms with Gasteiger partial charge in [0.1, 0.15) is 9.84 Å². The topological polar surface area (TPSA) is 83.6 Å². The van der Waals surface area contributed by atoms with Gasteiger partial charge < -0.3 is 5.32 Å². The van der Waals surface area contributed by atoms with Crippen LogP contribution in [0.25, 0.3) is 0 Å². The van der Waals surface area contributed by atoms with Crippen LogP contribution in [-0.2, 0) is 26.4 Å². The van der Waals surface area contributed by atoms with Crippen molar-refractivity contribution in [2.24, 2.45) is 0 Å². The van der Waals surface area contributed by atoms with Crippen LogP contribution in [0, 0.1) is 6.92 Å². The zero-order chi connectivity index (χ0) is 16.3. The zero-order valence-corrected chi connectivity index (χ0v) is 14.4. The zero-order valence-electron chi connectivity index (χ0n) is 12.8.